The molecule has 1 aliphatic heterocycles. The second-order valence-electron chi connectivity index (χ2n) is 8.07. The first kappa shape index (κ1) is 18.8. The Kier molecular flexibility index (Phi) is 6.08. The van der Waals surface area contributed by atoms with E-state index in [9.17, 15) is 0 Å². The predicted octanol–water partition coefficient (Wildman–Crippen LogP) is 5.08. The fourth-order valence-electron chi connectivity index (χ4n) is 4.26. The van der Waals surface area contributed by atoms with E-state index < -0.39 is 0 Å². The van der Waals surface area contributed by atoms with E-state index in [1.807, 2.05) is 0 Å². The van der Waals surface area contributed by atoms with Crippen molar-refractivity contribution in [1.82, 2.24) is 5.32 Å². The summed E-state index contributed by atoms with van der Waals surface area (Å²) in [4.78, 5) is 2.56. The van der Waals surface area contributed by atoms with E-state index in [1.54, 1.807) is 0 Å². The largest absolute Gasteiger partial charge is 0.367 e. The van der Waals surface area contributed by atoms with E-state index in [0.29, 0.717) is 11.8 Å². The summed E-state index contributed by atoms with van der Waals surface area (Å²) in [5.74, 6) is 1.34. The second-order valence-corrected chi connectivity index (χ2v) is 8.07. The first-order valence-electron chi connectivity index (χ1n) is 10.4. The van der Waals surface area contributed by atoms with Gasteiger partial charge in [0.25, 0.3) is 0 Å². The zero-order valence-corrected chi connectivity index (χ0v) is 16.7. The van der Waals surface area contributed by atoms with Gasteiger partial charge < -0.3 is 10.2 Å². The Morgan fingerprint density at radius 2 is 1.36 bits per heavy atom. The maximum atomic E-state index is 3.65. The molecule has 4 rings (SSSR count). The number of aryl methyl sites for hydroxylation is 1. The summed E-state index contributed by atoms with van der Waals surface area (Å²) in [6.07, 6.45) is 1.16. The third-order valence-corrected chi connectivity index (χ3v) is 5.89. The van der Waals surface area contributed by atoms with Crippen LogP contribution in [0.1, 0.15) is 16.7 Å². The summed E-state index contributed by atoms with van der Waals surface area (Å²) in [6, 6.07) is 30.8. The molecule has 0 amide bonds. The first-order chi connectivity index (χ1) is 13.8. The highest BCUT2D eigenvalue weighted by Crippen LogP contribution is 2.26. The molecule has 1 heterocycles. The molecular formula is C26H30N2. The maximum Gasteiger partial charge on any atom is 0.0429 e. The molecule has 0 bridgehead atoms. The van der Waals surface area contributed by atoms with Crippen molar-refractivity contribution in [3.05, 3.63) is 102 Å². The maximum absolute atomic E-state index is 3.65. The summed E-state index contributed by atoms with van der Waals surface area (Å²) < 4.78 is 0. The number of anilines is 1. The van der Waals surface area contributed by atoms with Crippen molar-refractivity contribution in [3.8, 4) is 0 Å². The van der Waals surface area contributed by atoms with Crippen LogP contribution in [0.4, 0.5) is 5.69 Å². The van der Waals surface area contributed by atoms with Crippen LogP contribution in [0.5, 0.6) is 0 Å². The minimum Gasteiger partial charge on any atom is -0.367 e. The second kappa shape index (κ2) is 9.07. The Morgan fingerprint density at radius 3 is 2.04 bits per heavy atom. The topological polar surface area (TPSA) is 15.3 Å². The van der Waals surface area contributed by atoms with Gasteiger partial charge in [-0.05, 0) is 61.5 Å². The van der Waals surface area contributed by atoms with Crippen molar-refractivity contribution in [2.45, 2.75) is 19.9 Å². The number of nitrogens with one attached hydrogen (secondary N) is 1. The molecule has 28 heavy (non-hydrogen) atoms. The van der Waals surface area contributed by atoms with Crippen LogP contribution in [0.2, 0.25) is 0 Å². The van der Waals surface area contributed by atoms with Crippen molar-refractivity contribution in [2.24, 2.45) is 11.8 Å². The van der Waals surface area contributed by atoms with Crippen LogP contribution in [-0.4, -0.2) is 19.6 Å². The van der Waals surface area contributed by atoms with E-state index >= 15 is 0 Å². The molecule has 1 fully saturated rings. The Balaban J connectivity index is 1.51. The molecule has 3 aromatic carbocycles. The van der Waals surface area contributed by atoms with E-state index in [2.05, 4.69) is 102 Å². The van der Waals surface area contributed by atoms with Crippen LogP contribution in [0.25, 0.3) is 0 Å². The fourth-order valence-corrected chi connectivity index (χ4v) is 4.26. The number of hydrogen-bond donors (Lipinski definition) is 1. The smallest absolute Gasteiger partial charge is 0.0429 e. The van der Waals surface area contributed by atoms with Gasteiger partial charge in [-0.1, -0.05) is 78.4 Å². The van der Waals surface area contributed by atoms with Gasteiger partial charge in [0.1, 0.15) is 0 Å². The van der Waals surface area contributed by atoms with Crippen LogP contribution in [0, 0.1) is 18.8 Å². The van der Waals surface area contributed by atoms with Crippen LogP contribution in [0.3, 0.4) is 0 Å². The minimum absolute atomic E-state index is 0.658. The predicted molar refractivity (Wildman–Crippen MR) is 119 cm³/mol. The number of rotatable bonds is 7. The van der Waals surface area contributed by atoms with Gasteiger partial charge in [0.2, 0.25) is 0 Å². The van der Waals surface area contributed by atoms with Crippen LogP contribution < -0.4 is 10.2 Å². The normalized spacial score (nSPS) is 18.9. The van der Waals surface area contributed by atoms with Crippen molar-refractivity contribution in [2.75, 3.05) is 24.5 Å². The average Bonchev–Trinajstić information content (AvgIpc) is 3.16. The van der Waals surface area contributed by atoms with E-state index in [1.165, 1.54) is 22.4 Å². The molecule has 0 aromatic heterocycles. The summed E-state index contributed by atoms with van der Waals surface area (Å²) >= 11 is 0. The van der Waals surface area contributed by atoms with E-state index in [-0.39, 0.29) is 0 Å². The SMILES string of the molecule is Cc1ccc(N(Cc2ccccc2)CC2CNCC2Cc2ccccc2)cc1. The fraction of sp³-hybridized carbons (Fsp3) is 0.308. The van der Waals surface area contributed by atoms with Gasteiger partial charge in [-0.25, -0.2) is 0 Å². The highest BCUT2D eigenvalue weighted by Gasteiger charge is 2.29. The molecule has 144 valence electrons. The molecule has 1 aliphatic rings. The number of benzene rings is 3. The van der Waals surface area contributed by atoms with Crippen molar-refractivity contribution >= 4 is 5.69 Å². The van der Waals surface area contributed by atoms with Crippen LogP contribution in [-0.2, 0) is 13.0 Å². The Hall–Kier alpha value is -2.58. The molecule has 0 aliphatic carbocycles. The van der Waals surface area contributed by atoms with Gasteiger partial charge in [-0.2, -0.15) is 0 Å². The Bertz CT molecular complexity index is 843. The number of nitrogens with zero attached hydrogens (tertiary/aromatic N) is 1. The zero-order valence-electron chi connectivity index (χ0n) is 16.7. The van der Waals surface area contributed by atoms with Crippen LogP contribution in [0.15, 0.2) is 84.9 Å². The molecule has 1 N–H and O–H groups in total. The Labute approximate surface area is 169 Å². The lowest BCUT2D eigenvalue weighted by Gasteiger charge is -2.30. The molecule has 0 spiro atoms. The summed E-state index contributed by atoms with van der Waals surface area (Å²) in [5, 5.41) is 3.65. The van der Waals surface area contributed by atoms with Gasteiger partial charge in [0.15, 0.2) is 0 Å². The molecule has 1 saturated heterocycles. The lowest BCUT2D eigenvalue weighted by atomic mass is 9.89. The lowest BCUT2D eigenvalue weighted by Crippen LogP contribution is -2.33. The number of hydrogen-bond acceptors (Lipinski definition) is 2. The van der Waals surface area contributed by atoms with Gasteiger partial charge >= 0.3 is 0 Å². The lowest BCUT2D eigenvalue weighted by molar-refractivity contribution is 0.413. The first-order valence-corrected chi connectivity index (χ1v) is 10.4. The standard InChI is InChI=1S/C26H30N2/c1-21-12-14-26(15-13-21)28(19-23-10-6-3-7-11-23)20-25-18-27-17-24(25)16-22-8-4-2-5-9-22/h2-15,24-25,27H,16-20H2,1H3. The summed E-state index contributed by atoms with van der Waals surface area (Å²) in [6.45, 7) is 6.42. The summed E-state index contributed by atoms with van der Waals surface area (Å²) in [5.41, 5.74) is 5.45. The monoisotopic (exact) mass is 370 g/mol. The van der Waals surface area contributed by atoms with Crippen LogP contribution >= 0.6 is 0 Å². The molecule has 2 nitrogen and oxygen atoms in total. The minimum atomic E-state index is 0.658. The van der Waals surface area contributed by atoms with Gasteiger partial charge in [-0.15, -0.1) is 0 Å². The summed E-state index contributed by atoms with van der Waals surface area (Å²) in [7, 11) is 0. The van der Waals surface area contributed by atoms with Gasteiger partial charge in [0.05, 0.1) is 0 Å². The van der Waals surface area contributed by atoms with Gasteiger partial charge in [0, 0.05) is 18.8 Å². The quantitative estimate of drug-likeness (QED) is 0.624. The molecule has 0 saturated carbocycles. The highest BCUT2D eigenvalue weighted by molar-refractivity contribution is 5.48. The molecule has 2 atom stereocenters. The third kappa shape index (κ3) is 4.82. The molecule has 0 radical (unpaired) electrons. The average molecular weight is 371 g/mol. The van der Waals surface area contributed by atoms with Crippen molar-refractivity contribution < 1.29 is 0 Å². The van der Waals surface area contributed by atoms with E-state index in [4.69, 9.17) is 0 Å². The zero-order chi connectivity index (χ0) is 19.2. The van der Waals surface area contributed by atoms with E-state index in [0.717, 1.165) is 32.6 Å². The molecule has 2 unspecified atom stereocenters. The molecule has 3 aromatic rings. The molecule has 2 heteroatoms. The molecular weight excluding hydrogens is 340 g/mol. The van der Waals surface area contributed by atoms with Crippen molar-refractivity contribution in [3.63, 3.8) is 0 Å². The Morgan fingerprint density at radius 1 is 0.750 bits per heavy atom. The third-order valence-electron chi connectivity index (χ3n) is 5.89. The highest BCUT2D eigenvalue weighted by atomic mass is 15.1. The van der Waals surface area contributed by atoms with Crippen molar-refractivity contribution in [1.29, 1.82) is 0 Å². The van der Waals surface area contributed by atoms with Gasteiger partial charge in [-0.3, -0.25) is 0 Å².